The Balaban J connectivity index is 2.66. The van der Waals surface area contributed by atoms with Gasteiger partial charge in [0.05, 0.1) is 6.26 Å². The monoisotopic (exact) mass is 204 g/mol. The molecule has 0 saturated heterocycles. The standard InChI is InChI=1S/C7H12N2O3S/c1-3-5-4-7(5,8)6(10)9-13(2,11)12/h3,5H,1,4,8H2,2H3,(H,9,10)/t5-,7-/m1/s1. The number of carbonyl (C=O) groups is 1. The molecule has 0 heterocycles. The fourth-order valence-electron chi connectivity index (χ4n) is 1.12. The van der Waals surface area contributed by atoms with Gasteiger partial charge in [0, 0.05) is 5.92 Å². The lowest BCUT2D eigenvalue weighted by Gasteiger charge is -2.08. The predicted octanol–water partition coefficient (Wildman–Crippen LogP) is -1.03. The minimum Gasteiger partial charge on any atom is -0.317 e. The lowest BCUT2D eigenvalue weighted by atomic mass is 10.2. The Bertz CT molecular complexity index is 349. The summed E-state index contributed by atoms with van der Waals surface area (Å²) in [5, 5.41) is 0. The van der Waals surface area contributed by atoms with Crippen molar-refractivity contribution < 1.29 is 13.2 Å². The number of sulfonamides is 1. The molecule has 0 aliphatic heterocycles. The van der Waals surface area contributed by atoms with Crippen molar-refractivity contribution in [3.63, 3.8) is 0 Å². The molecule has 6 heteroatoms. The van der Waals surface area contributed by atoms with Gasteiger partial charge < -0.3 is 5.73 Å². The van der Waals surface area contributed by atoms with Gasteiger partial charge in [-0.15, -0.1) is 6.58 Å². The molecule has 3 N–H and O–H groups in total. The number of carbonyl (C=O) groups excluding carboxylic acids is 1. The summed E-state index contributed by atoms with van der Waals surface area (Å²) in [4.78, 5) is 11.2. The number of amides is 1. The van der Waals surface area contributed by atoms with Crippen LogP contribution in [0, 0.1) is 5.92 Å². The third kappa shape index (κ3) is 2.07. The van der Waals surface area contributed by atoms with E-state index in [1.165, 1.54) is 0 Å². The Labute approximate surface area is 77.0 Å². The molecule has 74 valence electrons. The van der Waals surface area contributed by atoms with Crippen molar-refractivity contribution >= 4 is 15.9 Å². The first kappa shape index (κ1) is 10.2. The summed E-state index contributed by atoms with van der Waals surface area (Å²) < 4.78 is 23.2. The molecule has 0 bridgehead atoms. The average molecular weight is 204 g/mol. The van der Waals surface area contributed by atoms with Gasteiger partial charge in [0.25, 0.3) is 5.91 Å². The summed E-state index contributed by atoms with van der Waals surface area (Å²) in [5.41, 5.74) is 4.54. The van der Waals surface area contributed by atoms with Crippen LogP contribution in [0.3, 0.4) is 0 Å². The highest BCUT2D eigenvalue weighted by molar-refractivity contribution is 7.89. The molecular formula is C7H12N2O3S. The second-order valence-corrected chi connectivity index (χ2v) is 5.04. The third-order valence-electron chi connectivity index (χ3n) is 2.04. The first-order valence-corrected chi connectivity index (χ1v) is 5.62. The first-order valence-electron chi connectivity index (χ1n) is 3.73. The number of hydrogen-bond donors (Lipinski definition) is 2. The molecule has 1 aliphatic rings. The topological polar surface area (TPSA) is 89.3 Å². The second-order valence-electron chi connectivity index (χ2n) is 3.29. The molecule has 13 heavy (non-hydrogen) atoms. The van der Waals surface area contributed by atoms with E-state index in [2.05, 4.69) is 6.58 Å². The Kier molecular flexibility index (Phi) is 2.21. The second kappa shape index (κ2) is 2.81. The minimum atomic E-state index is -3.51. The van der Waals surface area contributed by atoms with Gasteiger partial charge in [-0.3, -0.25) is 9.52 Å². The van der Waals surface area contributed by atoms with Crippen molar-refractivity contribution in [3.8, 4) is 0 Å². The van der Waals surface area contributed by atoms with Gasteiger partial charge in [-0.2, -0.15) is 0 Å². The van der Waals surface area contributed by atoms with Crippen LogP contribution in [0.25, 0.3) is 0 Å². The van der Waals surface area contributed by atoms with Gasteiger partial charge in [-0.25, -0.2) is 8.42 Å². The van der Waals surface area contributed by atoms with Crippen LogP contribution >= 0.6 is 0 Å². The number of nitrogens with one attached hydrogen (secondary N) is 1. The molecule has 0 aromatic rings. The summed E-state index contributed by atoms with van der Waals surface area (Å²) in [5.74, 6) is -0.769. The Morgan fingerprint density at radius 1 is 1.77 bits per heavy atom. The van der Waals surface area contributed by atoms with E-state index < -0.39 is 21.5 Å². The highest BCUT2D eigenvalue weighted by atomic mass is 32.2. The Morgan fingerprint density at radius 2 is 2.31 bits per heavy atom. The van der Waals surface area contributed by atoms with Gasteiger partial charge in [-0.1, -0.05) is 6.08 Å². The zero-order valence-electron chi connectivity index (χ0n) is 7.28. The smallest absolute Gasteiger partial charge is 0.254 e. The largest absolute Gasteiger partial charge is 0.317 e. The number of hydrogen-bond acceptors (Lipinski definition) is 4. The van der Waals surface area contributed by atoms with E-state index in [1.54, 1.807) is 6.08 Å². The first-order chi connectivity index (χ1) is 5.79. The minimum absolute atomic E-state index is 0.116. The van der Waals surface area contributed by atoms with Crippen LogP contribution in [-0.2, 0) is 14.8 Å². The van der Waals surface area contributed by atoms with Crippen LogP contribution in [0.15, 0.2) is 12.7 Å². The fourth-order valence-corrected chi connectivity index (χ4v) is 1.65. The number of nitrogens with two attached hydrogens (primary N) is 1. The van der Waals surface area contributed by atoms with Crippen LogP contribution in [0.5, 0.6) is 0 Å². The molecule has 1 saturated carbocycles. The molecule has 0 spiro atoms. The van der Waals surface area contributed by atoms with E-state index in [1.807, 2.05) is 4.72 Å². The fraction of sp³-hybridized carbons (Fsp3) is 0.571. The summed E-state index contributed by atoms with van der Waals surface area (Å²) >= 11 is 0. The molecule has 0 unspecified atom stereocenters. The van der Waals surface area contributed by atoms with Crippen LogP contribution in [0.4, 0.5) is 0 Å². The lowest BCUT2D eigenvalue weighted by Crippen LogP contribution is -2.46. The Hall–Kier alpha value is -0.880. The van der Waals surface area contributed by atoms with Crippen molar-refractivity contribution in [3.05, 3.63) is 12.7 Å². The molecule has 1 aliphatic carbocycles. The van der Waals surface area contributed by atoms with E-state index >= 15 is 0 Å². The molecule has 1 fully saturated rings. The maximum absolute atomic E-state index is 11.2. The van der Waals surface area contributed by atoms with E-state index in [-0.39, 0.29) is 5.92 Å². The van der Waals surface area contributed by atoms with Crippen molar-refractivity contribution in [2.45, 2.75) is 12.0 Å². The highest BCUT2D eigenvalue weighted by Gasteiger charge is 2.55. The maximum Gasteiger partial charge on any atom is 0.254 e. The van der Waals surface area contributed by atoms with Crippen molar-refractivity contribution in [2.24, 2.45) is 11.7 Å². The van der Waals surface area contributed by atoms with E-state index in [4.69, 9.17) is 5.73 Å². The van der Waals surface area contributed by atoms with Gasteiger partial charge in [0.2, 0.25) is 10.0 Å². The third-order valence-corrected chi connectivity index (χ3v) is 2.60. The van der Waals surface area contributed by atoms with E-state index in [0.717, 1.165) is 6.26 Å². The zero-order valence-corrected chi connectivity index (χ0v) is 8.10. The summed E-state index contributed by atoms with van der Waals surface area (Å²) in [7, 11) is -3.51. The molecule has 0 aromatic heterocycles. The quantitative estimate of drug-likeness (QED) is 0.575. The molecular weight excluding hydrogens is 192 g/mol. The molecule has 5 nitrogen and oxygen atoms in total. The molecule has 0 aromatic carbocycles. The zero-order chi connectivity index (χ0) is 10.3. The predicted molar refractivity (Wildman–Crippen MR) is 48.2 cm³/mol. The van der Waals surface area contributed by atoms with Gasteiger partial charge in [0.1, 0.15) is 5.54 Å². The molecule has 2 atom stereocenters. The van der Waals surface area contributed by atoms with Crippen LogP contribution < -0.4 is 10.5 Å². The van der Waals surface area contributed by atoms with Crippen molar-refractivity contribution in [2.75, 3.05) is 6.26 Å². The summed E-state index contributed by atoms with van der Waals surface area (Å²) in [6.07, 6.45) is 2.93. The van der Waals surface area contributed by atoms with Crippen LogP contribution in [0.1, 0.15) is 6.42 Å². The molecule has 0 radical (unpaired) electrons. The number of rotatable bonds is 3. The van der Waals surface area contributed by atoms with Crippen LogP contribution in [-0.4, -0.2) is 26.1 Å². The van der Waals surface area contributed by atoms with Crippen molar-refractivity contribution in [1.29, 1.82) is 0 Å². The molecule has 1 rings (SSSR count). The average Bonchev–Trinajstić information content (AvgIpc) is 2.60. The van der Waals surface area contributed by atoms with Gasteiger partial charge >= 0.3 is 0 Å². The maximum atomic E-state index is 11.2. The summed E-state index contributed by atoms with van der Waals surface area (Å²) in [6.45, 7) is 3.49. The highest BCUT2D eigenvalue weighted by Crippen LogP contribution is 2.41. The van der Waals surface area contributed by atoms with Crippen LogP contribution in [0.2, 0.25) is 0 Å². The van der Waals surface area contributed by atoms with Gasteiger partial charge in [-0.05, 0) is 6.42 Å². The Morgan fingerprint density at radius 3 is 2.62 bits per heavy atom. The van der Waals surface area contributed by atoms with Crippen molar-refractivity contribution in [1.82, 2.24) is 4.72 Å². The van der Waals surface area contributed by atoms with E-state index in [0.29, 0.717) is 6.42 Å². The lowest BCUT2D eigenvalue weighted by molar-refractivity contribution is -0.121. The van der Waals surface area contributed by atoms with E-state index in [9.17, 15) is 13.2 Å². The SMILES string of the molecule is C=C[C@@H]1C[C@]1(N)C(=O)NS(C)(=O)=O. The molecule has 1 amide bonds. The normalized spacial score (nSPS) is 32.3. The van der Waals surface area contributed by atoms with Gasteiger partial charge in [0.15, 0.2) is 0 Å². The summed E-state index contributed by atoms with van der Waals surface area (Å²) in [6, 6.07) is 0.